The number of rotatable bonds is 7. The van der Waals surface area contributed by atoms with Crippen LogP contribution in [0.3, 0.4) is 0 Å². The highest BCUT2D eigenvalue weighted by molar-refractivity contribution is 5.82. The molecule has 0 aliphatic heterocycles. The third-order valence-corrected chi connectivity index (χ3v) is 3.44. The Labute approximate surface area is 111 Å². The average Bonchev–Trinajstić information content (AvgIpc) is 2.35. The van der Waals surface area contributed by atoms with E-state index >= 15 is 0 Å². The number of carbonyl (C=O) groups excluding carboxylic acids is 1. The van der Waals surface area contributed by atoms with Crippen molar-refractivity contribution in [2.45, 2.75) is 40.5 Å². The third-order valence-electron chi connectivity index (χ3n) is 3.44. The van der Waals surface area contributed by atoms with Crippen LogP contribution in [-0.2, 0) is 4.79 Å². The SMILES string of the molecule is CCCCN(CC(C)(C)C(C)=O)c1ccccc1. The van der Waals surface area contributed by atoms with Crippen molar-refractivity contribution in [1.29, 1.82) is 0 Å². The first-order chi connectivity index (χ1) is 8.47. The maximum Gasteiger partial charge on any atom is 0.137 e. The highest BCUT2D eigenvalue weighted by atomic mass is 16.1. The predicted octanol–water partition coefficient (Wildman–Crippen LogP) is 3.91. The van der Waals surface area contributed by atoms with Gasteiger partial charge in [0.25, 0.3) is 0 Å². The number of hydrogen-bond acceptors (Lipinski definition) is 2. The van der Waals surface area contributed by atoms with Gasteiger partial charge in [0.15, 0.2) is 0 Å². The molecule has 0 amide bonds. The molecule has 0 bridgehead atoms. The molecule has 0 unspecified atom stereocenters. The summed E-state index contributed by atoms with van der Waals surface area (Å²) in [5.41, 5.74) is 0.920. The van der Waals surface area contributed by atoms with Crippen LogP contribution in [0, 0.1) is 5.41 Å². The molecule has 0 fully saturated rings. The highest BCUT2D eigenvalue weighted by Gasteiger charge is 2.26. The quantitative estimate of drug-likeness (QED) is 0.728. The molecule has 0 N–H and O–H groups in total. The van der Waals surface area contributed by atoms with Crippen molar-refractivity contribution in [2.24, 2.45) is 5.41 Å². The number of Topliss-reactive ketones (excluding diaryl/α,β-unsaturated/α-hetero) is 1. The second-order valence-corrected chi connectivity index (χ2v) is 5.55. The Bertz CT molecular complexity index is 370. The number of ketones is 1. The number of anilines is 1. The van der Waals surface area contributed by atoms with E-state index in [1.54, 1.807) is 6.92 Å². The second kappa shape index (κ2) is 6.58. The van der Waals surface area contributed by atoms with E-state index in [-0.39, 0.29) is 11.2 Å². The Morgan fingerprint density at radius 2 is 1.83 bits per heavy atom. The van der Waals surface area contributed by atoms with Gasteiger partial charge in [-0.25, -0.2) is 0 Å². The summed E-state index contributed by atoms with van der Waals surface area (Å²) in [6, 6.07) is 10.4. The standard InChI is InChI=1S/C16H25NO/c1-5-6-12-17(13-16(3,4)14(2)18)15-10-8-7-9-11-15/h7-11H,5-6,12-13H2,1-4H3. The highest BCUT2D eigenvalue weighted by Crippen LogP contribution is 2.23. The Morgan fingerprint density at radius 1 is 1.22 bits per heavy atom. The minimum absolute atomic E-state index is 0.250. The number of unbranched alkanes of at least 4 members (excludes halogenated alkanes) is 1. The fourth-order valence-electron chi connectivity index (χ4n) is 1.88. The van der Waals surface area contributed by atoms with E-state index in [2.05, 4.69) is 36.1 Å². The van der Waals surface area contributed by atoms with Crippen LogP contribution in [0.2, 0.25) is 0 Å². The normalized spacial score (nSPS) is 11.3. The van der Waals surface area contributed by atoms with Crippen LogP contribution in [0.5, 0.6) is 0 Å². The Hall–Kier alpha value is -1.31. The maximum absolute atomic E-state index is 11.7. The topological polar surface area (TPSA) is 20.3 Å². The Balaban J connectivity index is 2.83. The largest absolute Gasteiger partial charge is 0.371 e. The maximum atomic E-state index is 11.7. The molecule has 0 heterocycles. The number of benzene rings is 1. The molecule has 2 heteroatoms. The van der Waals surface area contributed by atoms with Crippen LogP contribution in [0.15, 0.2) is 30.3 Å². The first-order valence-corrected chi connectivity index (χ1v) is 6.78. The van der Waals surface area contributed by atoms with Gasteiger partial charge in [0.05, 0.1) is 0 Å². The van der Waals surface area contributed by atoms with Crippen LogP contribution >= 0.6 is 0 Å². The summed E-state index contributed by atoms with van der Waals surface area (Å²) in [6.45, 7) is 9.72. The average molecular weight is 247 g/mol. The molecule has 1 aromatic rings. The molecule has 0 atom stereocenters. The van der Waals surface area contributed by atoms with Crippen LogP contribution in [-0.4, -0.2) is 18.9 Å². The van der Waals surface area contributed by atoms with Crippen LogP contribution in [0.4, 0.5) is 5.69 Å². The minimum atomic E-state index is -0.288. The molecule has 0 spiro atoms. The summed E-state index contributed by atoms with van der Waals surface area (Å²) in [5.74, 6) is 0.250. The molecule has 0 aromatic heterocycles. The van der Waals surface area contributed by atoms with E-state index in [9.17, 15) is 4.79 Å². The summed E-state index contributed by atoms with van der Waals surface area (Å²) in [4.78, 5) is 14.0. The molecule has 0 aliphatic rings. The molecule has 0 radical (unpaired) electrons. The van der Waals surface area contributed by atoms with Crippen molar-refractivity contribution < 1.29 is 4.79 Å². The zero-order valence-corrected chi connectivity index (χ0v) is 12.1. The zero-order chi connectivity index (χ0) is 13.6. The molecule has 100 valence electrons. The van der Waals surface area contributed by atoms with Crippen LogP contribution < -0.4 is 4.90 Å². The third kappa shape index (κ3) is 4.17. The van der Waals surface area contributed by atoms with Crippen molar-refractivity contribution in [2.75, 3.05) is 18.0 Å². The van der Waals surface area contributed by atoms with Gasteiger partial charge in [-0.2, -0.15) is 0 Å². The van der Waals surface area contributed by atoms with Crippen LogP contribution in [0.1, 0.15) is 40.5 Å². The van der Waals surface area contributed by atoms with Crippen molar-refractivity contribution in [3.63, 3.8) is 0 Å². The fourth-order valence-corrected chi connectivity index (χ4v) is 1.88. The van der Waals surface area contributed by atoms with Crippen molar-refractivity contribution >= 4 is 11.5 Å². The van der Waals surface area contributed by atoms with Gasteiger partial charge in [0.1, 0.15) is 5.78 Å². The molecule has 2 nitrogen and oxygen atoms in total. The number of hydrogen-bond donors (Lipinski definition) is 0. The van der Waals surface area contributed by atoms with Gasteiger partial charge in [-0.05, 0) is 25.5 Å². The summed E-state index contributed by atoms with van der Waals surface area (Å²) in [5, 5.41) is 0. The molecule has 0 saturated carbocycles. The summed E-state index contributed by atoms with van der Waals surface area (Å²) < 4.78 is 0. The molecular formula is C16H25NO. The van der Waals surface area contributed by atoms with Gasteiger partial charge in [-0.3, -0.25) is 4.79 Å². The monoisotopic (exact) mass is 247 g/mol. The van der Waals surface area contributed by atoms with Gasteiger partial charge >= 0.3 is 0 Å². The lowest BCUT2D eigenvalue weighted by atomic mass is 9.88. The van der Waals surface area contributed by atoms with Crippen molar-refractivity contribution in [3.05, 3.63) is 30.3 Å². The lowest BCUT2D eigenvalue weighted by Crippen LogP contribution is -2.39. The van der Waals surface area contributed by atoms with E-state index in [1.165, 1.54) is 12.1 Å². The number of nitrogens with zero attached hydrogens (tertiary/aromatic N) is 1. The van der Waals surface area contributed by atoms with Gasteiger partial charge in [0, 0.05) is 24.2 Å². The van der Waals surface area contributed by atoms with Gasteiger partial charge in [-0.1, -0.05) is 45.4 Å². The number of carbonyl (C=O) groups is 1. The van der Waals surface area contributed by atoms with Gasteiger partial charge in [0.2, 0.25) is 0 Å². The molecule has 18 heavy (non-hydrogen) atoms. The molecule has 1 aromatic carbocycles. The Kier molecular flexibility index (Phi) is 5.39. The predicted molar refractivity (Wildman–Crippen MR) is 78.0 cm³/mol. The molecule has 0 saturated heterocycles. The summed E-state index contributed by atoms with van der Waals surface area (Å²) in [7, 11) is 0. The summed E-state index contributed by atoms with van der Waals surface area (Å²) >= 11 is 0. The van der Waals surface area contributed by atoms with Crippen molar-refractivity contribution in [1.82, 2.24) is 0 Å². The van der Waals surface area contributed by atoms with Gasteiger partial charge < -0.3 is 4.90 Å². The second-order valence-electron chi connectivity index (χ2n) is 5.55. The lowest BCUT2D eigenvalue weighted by Gasteiger charge is -2.32. The zero-order valence-electron chi connectivity index (χ0n) is 12.1. The van der Waals surface area contributed by atoms with Gasteiger partial charge in [-0.15, -0.1) is 0 Å². The first-order valence-electron chi connectivity index (χ1n) is 6.78. The van der Waals surface area contributed by atoms with E-state index in [4.69, 9.17) is 0 Å². The minimum Gasteiger partial charge on any atom is -0.371 e. The molecule has 1 rings (SSSR count). The fraction of sp³-hybridized carbons (Fsp3) is 0.562. The van der Waals surface area contributed by atoms with E-state index in [0.717, 1.165) is 19.5 Å². The van der Waals surface area contributed by atoms with E-state index in [0.29, 0.717) is 0 Å². The van der Waals surface area contributed by atoms with Crippen molar-refractivity contribution in [3.8, 4) is 0 Å². The Morgan fingerprint density at radius 3 is 2.33 bits per heavy atom. The molecular weight excluding hydrogens is 222 g/mol. The lowest BCUT2D eigenvalue weighted by molar-refractivity contribution is -0.124. The van der Waals surface area contributed by atoms with Crippen LogP contribution in [0.25, 0.3) is 0 Å². The number of para-hydroxylation sites is 1. The molecule has 0 aliphatic carbocycles. The van der Waals surface area contributed by atoms with E-state index < -0.39 is 0 Å². The smallest absolute Gasteiger partial charge is 0.137 e. The first kappa shape index (κ1) is 14.7. The summed E-state index contributed by atoms with van der Waals surface area (Å²) in [6.07, 6.45) is 2.33. The van der Waals surface area contributed by atoms with E-state index in [1.807, 2.05) is 19.9 Å².